The summed E-state index contributed by atoms with van der Waals surface area (Å²) in [6.07, 6.45) is -0.107. The zero-order valence-electron chi connectivity index (χ0n) is 14.5. The first kappa shape index (κ1) is 18.5. The number of anilines is 1. The van der Waals surface area contributed by atoms with Crippen LogP contribution in [0.15, 0.2) is 41.5 Å². The van der Waals surface area contributed by atoms with Gasteiger partial charge in [-0.25, -0.2) is 0 Å². The van der Waals surface area contributed by atoms with Gasteiger partial charge in [0, 0.05) is 17.7 Å². The van der Waals surface area contributed by atoms with E-state index in [0.717, 1.165) is 17.2 Å². The number of non-ortho nitro benzene ring substituents is 1. The average molecular weight is 387 g/mol. The highest BCUT2D eigenvalue weighted by Crippen LogP contribution is 2.33. The third-order valence-electron chi connectivity index (χ3n) is 4.22. The van der Waals surface area contributed by atoms with Crippen molar-refractivity contribution in [2.24, 2.45) is 5.10 Å². The minimum atomic E-state index is -0.586. The zero-order chi connectivity index (χ0) is 19.7. The number of carbonyl (C=O) groups excluding carboxylic acids is 2. The van der Waals surface area contributed by atoms with Gasteiger partial charge in [-0.2, -0.15) is 10.1 Å². The van der Waals surface area contributed by atoms with Gasteiger partial charge in [0.15, 0.2) is 0 Å². The third kappa shape index (κ3) is 3.65. The number of hydrazone groups is 1. The Kier molecular flexibility index (Phi) is 4.91. The summed E-state index contributed by atoms with van der Waals surface area (Å²) in [5.74, 6) is -0.771. The molecule has 0 unspecified atom stereocenters. The normalized spacial score (nSPS) is 13.5. The molecule has 0 aromatic heterocycles. The van der Waals surface area contributed by atoms with Crippen molar-refractivity contribution in [3.63, 3.8) is 0 Å². The summed E-state index contributed by atoms with van der Waals surface area (Å²) in [6.45, 7) is 3.73. The van der Waals surface area contributed by atoms with Gasteiger partial charge in [-0.1, -0.05) is 23.7 Å². The molecular formula is C18H15ClN4O4. The lowest BCUT2D eigenvalue weighted by atomic mass is 10.1. The number of nitro groups is 1. The molecule has 1 aliphatic heterocycles. The molecule has 0 fully saturated rings. The minimum absolute atomic E-state index is 0.0996. The van der Waals surface area contributed by atoms with Gasteiger partial charge < -0.3 is 5.32 Å². The summed E-state index contributed by atoms with van der Waals surface area (Å²) in [5.41, 5.74) is 2.14. The molecule has 2 aromatic carbocycles. The molecule has 2 aromatic rings. The first-order valence-corrected chi connectivity index (χ1v) is 8.37. The number of carbonyl (C=O) groups is 2. The van der Waals surface area contributed by atoms with Gasteiger partial charge in [0.05, 0.1) is 22.1 Å². The van der Waals surface area contributed by atoms with Gasteiger partial charge in [0.1, 0.15) is 5.84 Å². The number of amides is 2. The molecule has 27 heavy (non-hydrogen) atoms. The smallest absolute Gasteiger partial charge is 0.270 e. The van der Waals surface area contributed by atoms with Crippen molar-refractivity contribution in [1.29, 1.82) is 0 Å². The molecule has 3 rings (SSSR count). The molecule has 0 bridgehead atoms. The van der Waals surface area contributed by atoms with Crippen molar-refractivity contribution in [2.75, 3.05) is 5.01 Å². The van der Waals surface area contributed by atoms with Gasteiger partial charge >= 0.3 is 0 Å². The highest BCUT2D eigenvalue weighted by atomic mass is 35.5. The van der Waals surface area contributed by atoms with Crippen LogP contribution in [0, 0.1) is 24.0 Å². The Morgan fingerprint density at radius 1 is 1.30 bits per heavy atom. The molecule has 1 N–H and O–H groups in total. The molecule has 0 aliphatic carbocycles. The highest BCUT2D eigenvalue weighted by Gasteiger charge is 2.29. The maximum absolute atomic E-state index is 12.4. The number of hydrogen-bond donors (Lipinski definition) is 1. The number of rotatable bonds is 3. The molecule has 0 saturated carbocycles. The van der Waals surface area contributed by atoms with E-state index >= 15 is 0 Å². The Morgan fingerprint density at radius 3 is 2.74 bits per heavy atom. The molecular weight excluding hydrogens is 372 g/mol. The fourth-order valence-electron chi connectivity index (χ4n) is 2.67. The fourth-order valence-corrected chi connectivity index (χ4v) is 2.95. The van der Waals surface area contributed by atoms with Crippen LogP contribution >= 0.6 is 11.6 Å². The summed E-state index contributed by atoms with van der Waals surface area (Å²) in [6, 6.07) is 8.83. The Balaban J connectivity index is 1.85. The number of nitrogens with zero attached hydrogens (tertiary/aromatic N) is 3. The Bertz CT molecular complexity index is 1000. The molecule has 0 radical (unpaired) electrons. The number of amidine groups is 1. The van der Waals surface area contributed by atoms with Crippen LogP contribution < -0.4 is 10.3 Å². The maximum Gasteiger partial charge on any atom is 0.270 e. The van der Waals surface area contributed by atoms with Crippen LogP contribution in [-0.2, 0) is 4.79 Å². The van der Waals surface area contributed by atoms with Crippen molar-refractivity contribution in [3.8, 4) is 0 Å². The van der Waals surface area contributed by atoms with E-state index in [4.69, 9.17) is 11.6 Å². The SMILES string of the molecule is Cc1ccc(Cl)c(N2N=C(NC(=O)c3cccc([N+](=O)[O-])c3)CC2=O)c1C. The Morgan fingerprint density at radius 2 is 2.04 bits per heavy atom. The fraction of sp³-hybridized carbons (Fsp3) is 0.167. The monoisotopic (exact) mass is 386 g/mol. The quantitative estimate of drug-likeness (QED) is 0.645. The van der Waals surface area contributed by atoms with Crippen LogP contribution in [-0.4, -0.2) is 22.6 Å². The first-order chi connectivity index (χ1) is 12.8. The lowest BCUT2D eigenvalue weighted by Gasteiger charge is -2.17. The first-order valence-electron chi connectivity index (χ1n) is 8.00. The second kappa shape index (κ2) is 7.16. The van der Waals surface area contributed by atoms with E-state index in [2.05, 4.69) is 10.4 Å². The van der Waals surface area contributed by atoms with Crippen molar-refractivity contribution in [1.82, 2.24) is 5.32 Å². The topological polar surface area (TPSA) is 105 Å². The minimum Gasteiger partial charge on any atom is -0.308 e. The van der Waals surface area contributed by atoms with Crippen LogP contribution in [0.4, 0.5) is 11.4 Å². The number of nitrogens with one attached hydrogen (secondary N) is 1. The molecule has 8 nitrogen and oxygen atoms in total. The molecule has 138 valence electrons. The van der Waals surface area contributed by atoms with E-state index in [1.54, 1.807) is 6.07 Å². The van der Waals surface area contributed by atoms with E-state index in [9.17, 15) is 19.7 Å². The van der Waals surface area contributed by atoms with Crippen LogP contribution in [0.3, 0.4) is 0 Å². The summed E-state index contributed by atoms with van der Waals surface area (Å²) in [5, 5.41) is 19.1. The summed E-state index contributed by atoms with van der Waals surface area (Å²) in [4.78, 5) is 35.0. The molecule has 1 aliphatic rings. The standard InChI is InChI=1S/C18H15ClN4O4/c1-10-6-7-14(19)17(11(10)2)22-16(24)9-15(21-22)20-18(25)12-4-3-5-13(8-12)23(26)27/h3-8H,9H2,1-2H3,(H,20,21,25). The lowest BCUT2D eigenvalue weighted by Crippen LogP contribution is -2.29. The third-order valence-corrected chi connectivity index (χ3v) is 4.52. The largest absolute Gasteiger partial charge is 0.308 e. The van der Waals surface area contributed by atoms with Gasteiger partial charge in [-0.15, -0.1) is 0 Å². The van der Waals surface area contributed by atoms with Gasteiger partial charge in [0.25, 0.3) is 17.5 Å². The van der Waals surface area contributed by atoms with Crippen LogP contribution in [0.5, 0.6) is 0 Å². The highest BCUT2D eigenvalue weighted by molar-refractivity contribution is 6.34. The van der Waals surface area contributed by atoms with Gasteiger partial charge in [-0.3, -0.25) is 19.7 Å². The summed E-state index contributed by atoms with van der Waals surface area (Å²) < 4.78 is 0. The Labute approximate surface area is 159 Å². The molecule has 0 saturated heterocycles. The number of nitro benzene ring substituents is 1. The second-order valence-electron chi connectivity index (χ2n) is 6.03. The molecule has 0 atom stereocenters. The predicted molar refractivity (Wildman–Crippen MR) is 101 cm³/mol. The molecule has 9 heteroatoms. The average Bonchev–Trinajstić information content (AvgIpc) is 2.98. The van der Waals surface area contributed by atoms with Crippen molar-refractivity contribution < 1.29 is 14.5 Å². The molecule has 0 spiro atoms. The number of aryl methyl sites for hydroxylation is 1. The Hall–Kier alpha value is -3.26. The van der Waals surface area contributed by atoms with Crippen molar-refractivity contribution in [2.45, 2.75) is 20.3 Å². The van der Waals surface area contributed by atoms with Crippen LogP contribution in [0.1, 0.15) is 27.9 Å². The second-order valence-corrected chi connectivity index (χ2v) is 6.44. The lowest BCUT2D eigenvalue weighted by molar-refractivity contribution is -0.384. The van der Waals surface area contributed by atoms with Gasteiger partial charge in [-0.05, 0) is 37.1 Å². The van der Waals surface area contributed by atoms with Crippen molar-refractivity contribution >= 4 is 40.6 Å². The zero-order valence-corrected chi connectivity index (χ0v) is 15.3. The summed E-state index contributed by atoms with van der Waals surface area (Å²) in [7, 11) is 0. The predicted octanol–water partition coefficient (Wildman–Crippen LogP) is 3.35. The van der Waals surface area contributed by atoms with Crippen molar-refractivity contribution in [3.05, 3.63) is 68.2 Å². The van der Waals surface area contributed by atoms with Crippen LogP contribution in [0.2, 0.25) is 5.02 Å². The molecule has 1 heterocycles. The van der Waals surface area contributed by atoms with E-state index in [1.807, 2.05) is 19.9 Å². The van der Waals surface area contributed by atoms with E-state index in [1.165, 1.54) is 23.2 Å². The van der Waals surface area contributed by atoms with E-state index in [0.29, 0.717) is 10.7 Å². The summed E-state index contributed by atoms with van der Waals surface area (Å²) >= 11 is 6.23. The maximum atomic E-state index is 12.4. The van der Waals surface area contributed by atoms with Crippen LogP contribution in [0.25, 0.3) is 0 Å². The number of benzene rings is 2. The molecule has 2 amide bonds. The number of hydrogen-bond acceptors (Lipinski definition) is 5. The number of halogens is 1. The van der Waals surface area contributed by atoms with E-state index in [-0.39, 0.29) is 29.4 Å². The van der Waals surface area contributed by atoms with E-state index < -0.39 is 10.8 Å². The van der Waals surface area contributed by atoms with Gasteiger partial charge in [0.2, 0.25) is 0 Å².